The molecule has 2 aliphatic rings. The SMILES string of the molecule is Nc1cccc(N2CCN(CCCCNS(=O)(=O)CC3CCCCC3)CC2)c1. The molecule has 1 aliphatic carbocycles. The lowest BCUT2D eigenvalue weighted by atomic mass is 9.91. The normalized spacial score (nSPS) is 19.8. The van der Waals surface area contributed by atoms with Crippen molar-refractivity contribution in [2.24, 2.45) is 5.92 Å². The molecule has 28 heavy (non-hydrogen) atoms. The van der Waals surface area contributed by atoms with Gasteiger partial charge in [-0.25, -0.2) is 13.1 Å². The summed E-state index contributed by atoms with van der Waals surface area (Å²) in [4.78, 5) is 4.85. The maximum absolute atomic E-state index is 12.2. The molecule has 0 unspecified atom stereocenters. The predicted molar refractivity (Wildman–Crippen MR) is 117 cm³/mol. The topological polar surface area (TPSA) is 78.7 Å². The van der Waals surface area contributed by atoms with Crippen LogP contribution in [0.4, 0.5) is 11.4 Å². The summed E-state index contributed by atoms with van der Waals surface area (Å²) < 4.78 is 27.3. The summed E-state index contributed by atoms with van der Waals surface area (Å²) in [5.74, 6) is 0.682. The number of nitrogens with one attached hydrogen (secondary N) is 1. The van der Waals surface area contributed by atoms with Crippen LogP contribution in [0.15, 0.2) is 24.3 Å². The van der Waals surface area contributed by atoms with Crippen LogP contribution in [0.1, 0.15) is 44.9 Å². The molecule has 0 spiro atoms. The summed E-state index contributed by atoms with van der Waals surface area (Å²) in [5.41, 5.74) is 7.90. The summed E-state index contributed by atoms with van der Waals surface area (Å²) in [6, 6.07) is 8.08. The molecule has 1 aliphatic heterocycles. The van der Waals surface area contributed by atoms with E-state index < -0.39 is 10.0 Å². The van der Waals surface area contributed by atoms with E-state index in [0.29, 0.717) is 18.2 Å². The average Bonchev–Trinajstić information content (AvgIpc) is 2.68. The van der Waals surface area contributed by atoms with E-state index in [1.54, 1.807) is 0 Å². The highest BCUT2D eigenvalue weighted by molar-refractivity contribution is 7.89. The second-order valence-corrected chi connectivity index (χ2v) is 10.2. The molecule has 1 aromatic rings. The molecule has 158 valence electrons. The van der Waals surface area contributed by atoms with Crippen molar-refractivity contribution in [3.8, 4) is 0 Å². The number of benzene rings is 1. The van der Waals surface area contributed by atoms with Crippen molar-refractivity contribution < 1.29 is 8.42 Å². The third kappa shape index (κ3) is 6.94. The Morgan fingerprint density at radius 2 is 1.79 bits per heavy atom. The Balaban J connectivity index is 1.28. The summed E-state index contributed by atoms with van der Waals surface area (Å²) in [5, 5.41) is 0. The maximum atomic E-state index is 12.2. The van der Waals surface area contributed by atoms with Crippen molar-refractivity contribution in [2.75, 3.05) is 55.7 Å². The molecule has 3 N–H and O–H groups in total. The van der Waals surface area contributed by atoms with Gasteiger partial charge in [0.2, 0.25) is 10.0 Å². The number of hydrogen-bond donors (Lipinski definition) is 2. The predicted octanol–water partition coefficient (Wildman–Crippen LogP) is 2.67. The maximum Gasteiger partial charge on any atom is 0.211 e. The molecule has 1 saturated carbocycles. The number of anilines is 2. The summed E-state index contributed by atoms with van der Waals surface area (Å²) in [6.45, 7) is 5.72. The first kappa shape index (κ1) is 21.4. The van der Waals surface area contributed by atoms with E-state index in [9.17, 15) is 8.42 Å². The molecule has 1 saturated heterocycles. The van der Waals surface area contributed by atoms with E-state index in [1.165, 1.54) is 24.9 Å². The highest BCUT2D eigenvalue weighted by atomic mass is 32.2. The molecule has 0 amide bonds. The van der Waals surface area contributed by atoms with Crippen LogP contribution in [-0.2, 0) is 10.0 Å². The molecule has 2 fully saturated rings. The number of nitrogens with zero attached hydrogens (tertiary/aromatic N) is 2. The second-order valence-electron chi connectivity index (χ2n) is 8.31. The fourth-order valence-electron chi connectivity index (χ4n) is 4.36. The van der Waals surface area contributed by atoms with Gasteiger partial charge in [0.05, 0.1) is 5.75 Å². The van der Waals surface area contributed by atoms with Crippen LogP contribution in [0.5, 0.6) is 0 Å². The Morgan fingerprint density at radius 1 is 1.04 bits per heavy atom. The number of rotatable bonds is 9. The Labute approximate surface area is 170 Å². The third-order valence-corrected chi connectivity index (χ3v) is 7.56. The van der Waals surface area contributed by atoms with Gasteiger partial charge in [-0.05, 0) is 56.3 Å². The number of unbranched alkanes of at least 4 members (excludes halogenated alkanes) is 1. The fourth-order valence-corrected chi connectivity index (χ4v) is 5.89. The van der Waals surface area contributed by atoms with Gasteiger partial charge in [-0.15, -0.1) is 0 Å². The fraction of sp³-hybridized carbons (Fsp3) is 0.714. The molecular formula is C21H36N4O2S. The van der Waals surface area contributed by atoms with Gasteiger partial charge in [-0.1, -0.05) is 25.3 Å². The molecule has 1 heterocycles. The Kier molecular flexibility index (Phi) is 8.00. The molecule has 7 heteroatoms. The van der Waals surface area contributed by atoms with Gasteiger partial charge in [-0.2, -0.15) is 0 Å². The molecule has 1 aromatic carbocycles. The zero-order valence-corrected chi connectivity index (χ0v) is 17.8. The van der Waals surface area contributed by atoms with Gasteiger partial charge in [-0.3, -0.25) is 4.90 Å². The van der Waals surface area contributed by atoms with E-state index in [2.05, 4.69) is 20.6 Å². The van der Waals surface area contributed by atoms with Crippen molar-refractivity contribution in [3.05, 3.63) is 24.3 Å². The minimum absolute atomic E-state index is 0.318. The molecule has 0 radical (unpaired) electrons. The van der Waals surface area contributed by atoms with Crippen LogP contribution in [0, 0.1) is 5.92 Å². The number of hydrogen-bond acceptors (Lipinski definition) is 5. The lowest BCUT2D eigenvalue weighted by Gasteiger charge is -2.36. The van der Waals surface area contributed by atoms with E-state index in [4.69, 9.17) is 5.73 Å². The standard InChI is InChI=1S/C21H36N4O2S/c22-20-9-6-10-21(17-20)25-15-13-24(14-16-25)12-5-4-11-23-28(26,27)18-19-7-2-1-3-8-19/h6,9-10,17,19,23H,1-5,7-8,11-16,18,22H2. The second kappa shape index (κ2) is 10.5. The first-order valence-electron chi connectivity index (χ1n) is 10.8. The van der Waals surface area contributed by atoms with Crippen molar-refractivity contribution in [3.63, 3.8) is 0 Å². The quantitative estimate of drug-likeness (QED) is 0.485. The number of sulfonamides is 1. The van der Waals surface area contributed by atoms with Gasteiger partial charge in [0, 0.05) is 44.1 Å². The first-order valence-corrected chi connectivity index (χ1v) is 12.5. The van der Waals surface area contributed by atoms with Crippen molar-refractivity contribution in [1.82, 2.24) is 9.62 Å². The van der Waals surface area contributed by atoms with Gasteiger partial charge in [0.1, 0.15) is 0 Å². The molecule has 3 rings (SSSR count). The molecular weight excluding hydrogens is 372 g/mol. The smallest absolute Gasteiger partial charge is 0.211 e. The van der Waals surface area contributed by atoms with Crippen LogP contribution in [0.2, 0.25) is 0 Å². The molecule has 0 bridgehead atoms. The molecule has 0 atom stereocenters. The number of nitrogen functional groups attached to an aromatic ring is 1. The summed E-state index contributed by atoms with van der Waals surface area (Å²) >= 11 is 0. The van der Waals surface area contributed by atoms with E-state index in [1.807, 2.05) is 18.2 Å². The van der Waals surface area contributed by atoms with Gasteiger partial charge in [0.25, 0.3) is 0 Å². The van der Waals surface area contributed by atoms with Gasteiger partial charge < -0.3 is 10.6 Å². The molecule has 0 aromatic heterocycles. The molecule has 6 nitrogen and oxygen atoms in total. The highest BCUT2D eigenvalue weighted by Gasteiger charge is 2.21. The van der Waals surface area contributed by atoms with E-state index in [0.717, 1.165) is 64.1 Å². The Bertz CT molecular complexity index is 696. The van der Waals surface area contributed by atoms with Crippen molar-refractivity contribution in [2.45, 2.75) is 44.9 Å². The zero-order valence-electron chi connectivity index (χ0n) is 17.0. The lowest BCUT2D eigenvalue weighted by Crippen LogP contribution is -2.46. The summed E-state index contributed by atoms with van der Waals surface area (Å²) in [6.07, 6.45) is 7.71. The minimum atomic E-state index is -3.11. The Morgan fingerprint density at radius 3 is 2.50 bits per heavy atom. The van der Waals surface area contributed by atoms with Gasteiger partial charge >= 0.3 is 0 Å². The van der Waals surface area contributed by atoms with Crippen molar-refractivity contribution >= 4 is 21.4 Å². The summed E-state index contributed by atoms with van der Waals surface area (Å²) in [7, 11) is -3.11. The van der Waals surface area contributed by atoms with Crippen LogP contribution in [0.3, 0.4) is 0 Å². The van der Waals surface area contributed by atoms with Crippen LogP contribution in [0.25, 0.3) is 0 Å². The first-order chi connectivity index (χ1) is 13.5. The average molecular weight is 409 g/mol. The Hall–Kier alpha value is -1.31. The third-order valence-electron chi connectivity index (χ3n) is 6.01. The number of piperazine rings is 1. The monoisotopic (exact) mass is 408 g/mol. The minimum Gasteiger partial charge on any atom is -0.399 e. The highest BCUT2D eigenvalue weighted by Crippen LogP contribution is 2.24. The number of nitrogens with two attached hydrogens (primary N) is 1. The van der Waals surface area contributed by atoms with Crippen LogP contribution >= 0.6 is 0 Å². The van der Waals surface area contributed by atoms with Crippen molar-refractivity contribution in [1.29, 1.82) is 0 Å². The van der Waals surface area contributed by atoms with Crippen LogP contribution < -0.4 is 15.4 Å². The lowest BCUT2D eigenvalue weighted by molar-refractivity contribution is 0.253. The van der Waals surface area contributed by atoms with Gasteiger partial charge in [0.15, 0.2) is 0 Å². The zero-order chi connectivity index (χ0) is 19.8. The van der Waals surface area contributed by atoms with E-state index >= 15 is 0 Å². The largest absolute Gasteiger partial charge is 0.399 e. The van der Waals surface area contributed by atoms with Crippen LogP contribution in [-0.4, -0.2) is 58.3 Å². The van der Waals surface area contributed by atoms with E-state index in [-0.39, 0.29) is 0 Å².